The van der Waals surface area contributed by atoms with Gasteiger partial charge in [-0.1, -0.05) is 12.1 Å². The Morgan fingerprint density at radius 2 is 2.05 bits per heavy atom. The van der Waals surface area contributed by atoms with Crippen LogP contribution in [0, 0.1) is 5.82 Å². The summed E-state index contributed by atoms with van der Waals surface area (Å²) in [6.45, 7) is 0.519. The Balaban J connectivity index is 1.59. The fourth-order valence-corrected chi connectivity index (χ4v) is 2.31. The van der Waals surface area contributed by atoms with Crippen LogP contribution >= 0.6 is 0 Å². The molecule has 0 saturated heterocycles. The molecular formula is C17H15FN2O. The van der Waals surface area contributed by atoms with Crippen molar-refractivity contribution in [2.75, 3.05) is 6.54 Å². The van der Waals surface area contributed by atoms with Crippen molar-refractivity contribution in [1.82, 2.24) is 10.3 Å². The van der Waals surface area contributed by atoms with Gasteiger partial charge in [-0.25, -0.2) is 4.39 Å². The lowest BCUT2D eigenvalue weighted by Gasteiger charge is -2.06. The molecule has 0 atom stereocenters. The summed E-state index contributed by atoms with van der Waals surface area (Å²) in [5, 5.41) is 3.96. The maximum atomic E-state index is 13.0. The van der Waals surface area contributed by atoms with Gasteiger partial charge in [0.25, 0.3) is 5.91 Å². The van der Waals surface area contributed by atoms with Crippen LogP contribution in [0.2, 0.25) is 0 Å². The Hall–Kier alpha value is -2.62. The number of fused-ring (bicyclic) bond motifs is 1. The highest BCUT2D eigenvalue weighted by molar-refractivity contribution is 5.94. The minimum Gasteiger partial charge on any atom is -0.361 e. The van der Waals surface area contributed by atoms with E-state index in [1.807, 2.05) is 24.4 Å². The van der Waals surface area contributed by atoms with Crippen LogP contribution in [0.25, 0.3) is 10.9 Å². The zero-order valence-corrected chi connectivity index (χ0v) is 11.4. The first-order valence-corrected chi connectivity index (χ1v) is 6.82. The van der Waals surface area contributed by atoms with Gasteiger partial charge < -0.3 is 10.3 Å². The number of hydrogen-bond donors (Lipinski definition) is 2. The van der Waals surface area contributed by atoms with Gasteiger partial charge in [0.1, 0.15) is 5.82 Å². The van der Waals surface area contributed by atoms with Crippen molar-refractivity contribution < 1.29 is 9.18 Å². The van der Waals surface area contributed by atoms with Gasteiger partial charge in [0.05, 0.1) is 0 Å². The van der Waals surface area contributed by atoms with Crippen molar-refractivity contribution >= 4 is 16.8 Å². The number of hydrogen-bond acceptors (Lipinski definition) is 1. The van der Waals surface area contributed by atoms with Gasteiger partial charge in [-0.15, -0.1) is 0 Å². The normalized spacial score (nSPS) is 10.7. The van der Waals surface area contributed by atoms with Crippen LogP contribution in [-0.2, 0) is 6.42 Å². The summed E-state index contributed by atoms with van der Waals surface area (Å²) in [6, 6.07) is 13.9. The van der Waals surface area contributed by atoms with E-state index in [0.29, 0.717) is 12.1 Å². The summed E-state index contributed by atoms with van der Waals surface area (Å²) >= 11 is 0. The zero-order chi connectivity index (χ0) is 14.7. The topological polar surface area (TPSA) is 44.9 Å². The van der Waals surface area contributed by atoms with Gasteiger partial charge in [-0.05, 0) is 53.8 Å². The molecule has 4 heteroatoms. The zero-order valence-electron chi connectivity index (χ0n) is 11.4. The van der Waals surface area contributed by atoms with Crippen molar-refractivity contribution in [1.29, 1.82) is 0 Å². The smallest absolute Gasteiger partial charge is 0.251 e. The van der Waals surface area contributed by atoms with E-state index in [2.05, 4.69) is 16.4 Å². The maximum Gasteiger partial charge on any atom is 0.251 e. The van der Waals surface area contributed by atoms with E-state index >= 15 is 0 Å². The number of aromatic nitrogens is 1. The molecule has 0 fully saturated rings. The predicted molar refractivity (Wildman–Crippen MR) is 80.7 cm³/mol. The van der Waals surface area contributed by atoms with Gasteiger partial charge in [0.2, 0.25) is 0 Å². The quantitative estimate of drug-likeness (QED) is 0.758. The maximum absolute atomic E-state index is 13.0. The van der Waals surface area contributed by atoms with Crippen LogP contribution in [0.5, 0.6) is 0 Å². The monoisotopic (exact) mass is 282 g/mol. The Morgan fingerprint density at radius 3 is 2.90 bits per heavy atom. The number of amides is 1. The minimum absolute atomic E-state index is 0.253. The summed E-state index contributed by atoms with van der Waals surface area (Å²) in [7, 11) is 0. The molecule has 0 aliphatic carbocycles. The van der Waals surface area contributed by atoms with Gasteiger partial charge in [0, 0.05) is 23.8 Å². The number of halogens is 1. The van der Waals surface area contributed by atoms with Crippen molar-refractivity contribution in [3.05, 3.63) is 71.7 Å². The molecule has 2 N–H and O–H groups in total. The Labute approximate surface area is 121 Å². The molecule has 3 aromatic rings. The first-order chi connectivity index (χ1) is 10.2. The molecule has 0 radical (unpaired) electrons. The molecule has 0 aliphatic rings. The first-order valence-electron chi connectivity index (χ1n) is 6.82. The van der Waals surface area contributed by atoms with Crippen LogP contribution < -0.4 is 5.32 Å². The summed E-state index contributed by atoms with van der Waals surface area (Å²) in [5.74, 6) is -0.655. The number of H-pyrrole nitrogens is 1. The van der Waals surface area contributed by atoms with E-state index in [4.69, 9.17) is 0 Å². The fraction of sp³-hybridized carbons (Fsp3) is 0.118. The predicted octanol–water partition coefficient (Wildman–Crippen LogP) is 3.28. The number of carbonyl (C=O) groups excluding carboxylic acids is 1. The largest absolute Gasteiger partial charge is 0.361 e. The Kier molecular flexibility index (Phi) is 3.69. The van der Waals surface area contributed by atoms with E-state index < -0.39 is 5.82 Å². The number of benzene rings is 2. The average molecular weight is 282 g/mol. The van der Waals surface area contributed by atoms with E-state index in [0.717, 1.165) is 22.9 Å². The highest BCUT2D eigenvalue weighted by Crippen LogP contribution is 2.14. The van der Waals surface area contributed by atoms with E-state index in [1.54, 1.807) is 6.07 Å². The second-order valence-electron chi connectivity index (χ2n) is 4.92. The van der Waals surface area contributed by atoms with Crippen LogP contribution in [0.15, 0.2) is 54.7 Å². The van der Waals surface area contributed by atoms with Gasteiger partial charge in [0.15, 0.2) is 0 Å². The van der Waals surface area contributed by atoms with Gasteiger partial charge >= 0.3 is 0 Å². The molecule has 1 heterocycles. The lowest BCUT2D eigenvalue weighted by molar-refractivity contribution is 0.0953. The molecular weight excluding hydrogens is 267 g/mol. The van der Waals surface area contributed by atoms with Crippen molar-refractivity contribution in [2.45, 2.75) is 6.42 Å². The van der Waals surface area contributed by atoms with Gasteiger partial charge in [-0.3, -0.25) is 4.79 Å². The highest BCUT2D eigenvalue weighted by atomic mass is 19.1. The van der Waals surface area contributed by atoms with E-state index in [9.17, 15) is 9.18 Å². The van der Waals surface area contributed by atoms with Gasteiger partial charge in [-0.2, -0.15) is 0 Å². The standard InChI is InChI=1S/C17H15FN2O/c18-15-3-1-2-14(11-15)17(21)20-8-6-12-4-5-16-13(10-12)7-9-19-16/h1-5,7,9-11,19H,6,8H2,(H,20,21). The third-order valence-corrected chi connectivity index (χ3v) is 3.40. The summed E-state index contributed by atoms with van der Waals surface area (Å²) < 4.78 is 13.0. The molecule has 21 heavy (non-hydrogen) atoms. The van der Waals surface area contributed by atoms with Crippen LogP contribution in [0.4, 0.5) is 4.39 Å². The number of carbonyl (C=O) groups is 1. The van der Waals surface area contributed by atoms with E-state index in [-0.39, 0.29) is 5.91 Å². The third-order valence-electron chi connectivity index (χ3n) is 3.40. The first kappa shape index (κ1) is 13.4. The van der Waals surface area contributed by atoms with Crippen molar-refractivity contribution in [3.8, 4) is 0 Å². The number of aromatic amines is 1. The molecule has 0 bridgehead atoms. The second kappa shape index (κ2) is 5.79. The summed E-state index contributed by atoms with van der Waals surface area (Å²) in [6.07, 6.45) is 2.64. The highest BCUT2D eigenvalue weighted by Gasteiger charge is 2.05. The SMILES string of the molecule is O=C(NCCc1ccc2[nH]ccc2c1)c1cccc(F)c1. The second-order valence-corrected chi connectivity index (χ2v) is 4.92. The van der Waals surface area contributed by atoms with E-state index in [1.165, 1.54) is 18.2 Å². The number of rotatable bonds is 4. The molecule has 3 rings (SSSR count). The van der Waals surface area contributed by atoms with Crippen molar-refractivity contribution in [2.24, 2.45) is 0 Å². The molecule has 3 nitrogen and oxygen atoms in total. The lowest BCUT2D eigenvalue weighted by atomic mass is 10.1. The Morgan fingerprint density at radius 1 is 1.14 bits per heavy atom. The lowest BCUT2D eigenvalue weighted by Crippen LogP contribution is -2.25. The van der Waals surface area contributed by atoms with Crippen LogP contribution in [-0.4, -0.2) is 17.4 Å². The molecule has 0 aliphatic heterocycles. The molecule has 2 aromatic carbocycles. The minimum atomic E-state index is -0.402. The molecule has 106 valence electrons. The number of nitrogens with one attached hydrogen (secondary N) is 2. The average Bonchev–Trinajstić information content (AvgIpc) is 2.94. The molecule has 0 spiro atoms. The van der Waals surface area contributed by atoms with Crippen LogP contribution in [0.3, 0.4) is 0 Å². The summed E-state index contributed by atoms with van der Waals surface area (Å²) in [5.41, 5.74) is 2.60. The third kappa shape index (κ3) is 3.11. The van der Waals surface area contributed by atoms with Crippen LogP contribution in [0.1, 0.15) is 15.9 Å². The summed E-state index contributed by atoms with van der Waals surface area (Å²) in [4.78, 5) is 15.0. The molecule has 1 aromatic heterocycles. The molecule has 0 saturated carbocycles. The fourth-order valence-electron chi connectivity index (χ4n) is 2.31. The molecule has 0 unspecified atom stereocenters. The molecule has 1 amide bonds. The van der Waals surface area contributed by atoms with Crippen molar-refractivity contribution in [3.63, 3.8) is 0 Å². The Bertz CT molecular complexity index is 779.